The number of nitrogens with one attached hydrogen (secondary N) is 2. The van der Waals surface area contributed by atoms with Gasteiger partial charge in [0.05, 0.1) is 23.4 Å². The molecule has 156 valence electrons. The van der Waals surface area contributed by atoms with E-state index in [0.717, 1.165) is 0 Å². The Morgan fingerprint density at radius 2 is 2.14 bits per heavy atom. The second kappa shape index (κ2) is 8.98. The number of halogens is 2. The lowest BCUT2D eigenvalue weighted by Gasteiger charge is -2.38. The van der Waals surface area contributed by atoms with E-state index in [0.29, 0.717) is 37.4 Å². The Kier molecular flexibility index (Phi) is 6.61. The molecular weight excluding hydrogens is 421 g/mol. The Morgan fingerprint density at radius 1 is 1.38 bits per heavy atom. The number of nitrogens with zero attached hydrogens (tertiary/aromatic N) is 3. The molecule has 0 bridgehead atoms. The molecular formula is C18H21Cl2N5O4. The Bertz CT molecular complexity index is 920. The number of amides is 1. The number of pyridine rings is 1. The zero-order chi connectivity index (χ0) is 21.1. The lowest BCUT2D eigenvalue weighted by atomic mass is 10.0. The summed E-state index contributed by atoms with van der Waals surface area (Å²) in [7, 11) is 1.56. The van der Waals surface area contributed by atoms with Crippen LogP contribution in [0.2, 0.25) is 10.3 Å². The number of ether oxygens (including phenoxy) is 1. The zero-order valence-corrected chi connectivity index (χ0v) is 17.4. The predicted molar refractivity (Wildman–Crippen MR) is 108 cm³/mol. The van der Waals surface area contributed by atoms with Gasteiger partial charge < -0.3 is 25.0 Å². The SMILES string of the molecule is CCc1[nH]c(C(=O)N[C@H]2CCN(c3cc(C(=O)O)cc(Cl)n3)C[C@H]2OC)nc1Cl. The van der Waals surface area contributed by atoms with Gasteiger partial charge in [-0.15, -0.1) is 0 Å². The summed E-state index contributed by atoms with van der Waals surface area (Å²) in [6.07, 6.45) is 0.872. The lowest BCUT2D eigenvalue weighted by Crippen LogP contribution is -2.55. The van der Waals surface area contributed by atoms with Gasteiger partial charge in [-0.3, -0.25) is 4.79 Å². The molecule has 3 rings (SSSR count). The minimum absolute atomic E-state index is 0.0609. The van der Waals surface area contributed by atoms with Crippen molar-refractivity contribution in [1.29, 1.82) is 0 Å². The zero-order valence-electron chi connectivity index (χ0n) is 15.9. The summed E-state index contributed by atoms with van der Waals surface area (Å²) in [6.45, 7) is 2.86. The number of aromatic nitrogens is 3. The van der Waals surface area contributed by atoms with Crippen molar-refractivity contribution >= 4 is 40.9 Å². The van der Waals surface area contributed by atoms with Crippen LogP contribution in [0.5, 0.6) is 0 Å². The summed E-state index contributed by atoms with van der Waals surface area (Å²) in [5.74, 6) is -0.829. The van der Waals surface area contributed by atoms with E-state index < -0.39 is 5.97 Å². The fourth-order valence-corrected chi connectivity index (χ4v) is 3.73. The monoisotopic (exact) mass is 441 g/mol. The molecule has 29 heavy (non-hydrogen) atoms. The maximum Gasteiger partial charge on any atom is 0.335 e. The highest BCUT2D eigenvalue weighted by Gasteiger charge is 2.32. The Labute approximate surface area is 177 Å². The molecule has 2 atom stereocenters. The van der Waals surface area contributed by atoms with Crippen LogP contribution in [0.4, 0.5) is 5.82 Å². The molecule has 11 heteroatoms. The molecule has 1 saturated heterocycles. The minimum atomic E-state index is -1.08. The fourth-order valence-electron chi connectivity index (χ4n) is 3.26. The minimum Gasteiger partial charge on any atom is -0.478 e. The van der Waals surface area contributed by atoms with Crippen molar-refractivity contribution in [3.8, 4) is 0 Å². The quantitative estimate of drug-likeness (QED) is 0.588. The van der Waals surface area contributed by atoms with Gasteiger partial charge in [-0.05, 0) is 25.0 Å². The van der Waals surface area contributed by atoms with Crippen LogP contribution in [0.1, 0.15) is 40.0 Å². The number of carboxylic acid groups (broad SMARTS) is 1. The third kappa shape index (κ3) is 4.80. The summed E-state index contributed by atoms with van der Waals surface area (Å²) in [5, 5.41) is 12.5. The summed E-state index contributed by atoms with van der Waals surface area (Å²) >= 11 is 12.0. The molecule has 1 amide bonds. The van der Waals surface area contributed by atoms with E-state index in [4.69, 9.17) is 27.9 Å². The van der Waals surface area contributed by atoms with Crippen LogP contribution in [0.25, 0.3) is 0 Å². The highest BCUT2D eigenvalue weighted by atomic mass is 35.5. The number of aromatic carboxylic acids is 1. The highest BCUT2D eigenvalue weighted by molar-refractivity contribution is 6.30. The number of carbonyl (C=O) groups is 2. The first kappa shape index (κ1) is 21.4. The van der Waals surface area contributed by atoms with Crippen LogP contribution in [0.15, 0.2) is 12.1 Å². The fraction of sp³-hybridized carbons (Fsp3) is 0.444. The van der Waals surface area contributed by atoms with Crippen molar-refractivity contribution in [1.82, 2.24) is 20.3 Å². The van der Waals surface area contributed by atoms with Gasteiger partial charge >= 0.3 is 5.97 Å². The summed E-state index contributed by atoms with van der Waals surface area (Å²) in [4.78, 5) is 36.9. The Hall–Kier alpha value is -2.36. The molecule has 2 aromatic heterocycles. The molecule has 0 spiro atoms. The number of H-pyrrole nitrogens is 1. The van der Waals surface area contributed by atoms with E-state index in [1.807, 2.05) is 11.8 Å². The molecule has 1 aliphatic rings. The van der Waals surface area contributed by atoms with Gasteiger partial charge in [0.1, 0.15) is 11.0 Å². The third-order valence-electron chi connectivity index (χ3n) is 4.83. The number of carbonyl (C=O) groups excluding carboxylic acids is 1. The number of hydrogen-bond acceptors (Lipinski definition) is 6. The van der Waals surface area contributed by atoms with Crippen molar-refractivity contribution in [2.24, 2.45) is 0 Å². The van der Waals surface area contributed by atoms with Gasteiger partial charge in [0, 0.05) is 20.2 Å². The highest BCUT2D eigenvalue weighted by Crippen LogP contribution is 2.24. The third-order valence-corrected chi connectivity index (χ3v) is 5.33. The number of aromatic amines is 1. The molecule has 0 unspecified atom stereocenters. The number of carboxylic acids is 1. The van der Waals surface area contributed by atoms with Crippen molar-refractivity contribution < 1.29 is 19.4 Å². The largest absolute Gasteiger partial charge is 0.478 e. The van der Waals surface area contributed by atoms with Crippen molar-refractivity contribution in [2.75, 3.05) is 25.1 Å². The topological polar surface area (TPSA) is 120 Å². The molecule has 3 N–H and O–H groups in total. The average Bonchev–Trinajstić information content (AvgIpc) is 3.08. The van der Waals surface area contributed by atoms with Crippen LogP contribution in [-0.4, -0.2) is 64.3 Å². The lowest BCUT2D eigenvalue weighted by molar-refractivity contribution is 0.0536. The molecule has 0 saturated carbocycles. The van der Waals surface area contributed by atoms with Crippen LogP contribution in [-0.2, 0) is 11.2 Å². The van der Waals surface area contributed by atoms with Crippen molar-refractivity contribution in [3.05, 3.63) is 39.5 Å². The van der Waals surface area contributed by atoms with Gasteiger partial charge in [0.2, 0.25) is 0 Å². The van der Waals surface area contributed by atoms with Crippen LogP contribution in [0.3, 0.4) is 0 Å². The number of piperidine rings is 1. The van der Waals surface area contributed by atoms with Gasteiger partial charge in [-0.2, -0.15) is 0 Å². The molecule has 9 nitrogen and oxygen atoms in total. The summed E-state index contributed by atoms with van der Waals surface area (Å²) in [5.41, 5.74) is 0.766. The van der Waals surface area contributed by atoms with Gasteiger partial charge in [-0.1, -0.05) is 30.1 Å². The smallest absolute Gasteiger partial charge is 0.335 e. The maximum absolute atomic E-state index is 12.5. The molecule has 0 radical (unpaired) electrons. The molecule has 1 fully saturated rings. The standard InChI is InChI=1S/C18H21Cl2N5O4/c1-3-10-15(20)24-16(21-10)17(26)22-11-4-5-25(8-12(11)29-2)14-7-9(18(27)28)6-13(19)23-14/h6-7,11-12H,3-5,8H2,1-2H3,(H,21,24)(H,22,26)(H,27,28)/t11-,12+/m0/s1. The number of imidazole rings is 1. The second-order valence-electron chi connectivity index (χ2n) is 6.64. The number of rotatable bonds is 6. The van der Waals surface area contributed by atoms with E-state index in [9.17, 15) is 14.7 Å². The maximum atomic E-state index is 12.5. The van der Waals surface area contributed by atoms with E-state index in [2.05, 4.69) is 20.3 Å². The first-order valence-corrected chi connectivity index (χ1v) is 9.81. The number of aryl methyl sites for hydroxylation is 1. The number of methoxy groups -OCH3 is 1. The Balaban J connectivity index is 1.71. The molecule has 1 aliphatic heterocycles. The van der Waals surface area contributed by atoms with Gasteiger partial charge in [0.15, 0.2) is 11.0 Å². The van der Waals surface area contributed by atoms with Crippen LogP contribution >= 0.6 is 23.2 Å². The average molecular weight is 442 g/mol. The normalized spacial score (nSPS) is 19.2. The molecule has 0 aliphatic carbocycles. The van der Waals surface area contributed by atoms with Crippen LogP contribution in [0, 0.1) is 0 Å². The summed E-state index contributed by atoms with van der Waals surface area (Å²) < 4.78 is 5.56. The van der Waals surface area contributed by atoms with Crippen molar-refractivity contribution in [2.45, 2.75) is 31.9 Å². The number of hydrogen-bond donors (Lipinski definition) is 3. The molecule has 0 aromatic carbocycles. The van der Waals surface area contributed by atoms with Gasteiger partial charge in [-0.25, -0.2) is 14.8 Å². The van der Waals surface area contributed by atoms with E-state index in [-0.39, 0.29) is 39.7 Å². The van der Waals surface area contributed by atoms with E-state index in [1.165, 1.54) is 12.1 Å². The number of anilines is 1. The summed E-state index contributed by atoms with van der Waals surface area (Å²) in [6, 6.07) is 2.51. The molecule has 2 aromatic rings. The predicted octanol–water partition coefficient (Wildman–Crippen LogP) is 2.40. The molecule has 3 heterocycles. The first-order valence-electron chi connectivity index (χ1n) is 9.06. The first-order chi connectivity index (χ1) is 13.8. The van der Waals surface area contributed by atoms with E-state index >= 15 is 0 Å². The Morgan fingerprint density at radius 3 is 2.76 bits per heavy atom. The van der Waals surface area contributed by atoms with E-state index in [1.54, 1.807) is 7.11 Å². The second-order valence-corrected chi connectivity index (χ2v) is 7.38. The van der Waals surface area contributed by atoms with Crippen molar-refractivity contribution in [3.63, 3.8) is 0 Å². The van der Waals surface area contributed by atoms with Gasteiger partial charge in [0.25, 0.3) is 5.91 Å². The van der Waals surface area contributed by atoms with Crippen LogP contribution < -0.4 is 10.2 Å².